The summed E-state index contributed by atoms with van der Waals surface area (Å²) in [4.78, 5) is 10.1. The van der Waals surface area contributed by atoms with Crippen LogP contribution >= 0.6 is 11.6 Å². The molecule has 0 spiro atoms. The molecular weight excluding hydrogens is 236 g/mol. The van der Waals surface area contributed by atoms with Gasteiger partial charge in [0.2, 0.25) is 0 Å². The Morgan fingerprint density at radius 1 is 1.56 bits per heavy atom. The number of rotatable bonds is 4. The molecule has 0 fully saturated rings. The summed E-state index contributed by atoms with van der Waals surface area (Å²) in [6.07, 6.45) is -1.10. The van der Waals surface area contributed by atoms with Crippen LogP contribution in [0.15, 0.2) is 12.1 Å². The lowest BCUT2D eigenvalue weighted by atomic mass is 10.1. The van der Waals surface area contributed by atoms with E-state index in [1.807, 2.05) is 0 Å². The lowest BCUT2D eigenvalue weighted by Gasteiger charge is -2.09. The van der Waals surface area contributed by atoms with E-state index in [0.717, 1.165) is 0 Å². The molecule has 0 saturated carbocycles. The first-order chi connectivity index (χ1) is 7.47. The summed E-state index contributed by atoms with van der Waals surface area (Å²) in [5.41, 5.74) is 5.28. The van der Waals surface area contributed by atoms with Crippen molar-refractivity contribution in [2.75, 3.05) is 12.3 Å². The van der Waals surface area contributed by atoms with E-state index in [2.05, 4.69) is 0 Å². The van der Waals surface area contributed by atoms with Gasteiger partial charge in [-0.25, -0.2) is 0 Å². The van der Waals surface area contributed by atoms with Crippen LogP contribution in [0.3, 0.4) is 0 Å². The van der Waals surface area contributed by atoms with Crippen LogP contribution in [0.2, 0.25) is 5.02 Å². The Kier molecular flexibility index (Phi) is 4.05. The Labute approximate surface area is 96.4 Å². The van der Waals surface area contributed by atoms with Crippen molar-refractivity contribution in [1.29, 1.82) is 0 Å². The van der Waals surface area contributed by atoms with Gasteiger partial charge in [-0.1, -0.05) is 17.7 Å². The molecule has 0 aliphatic heterocycles. The maximum absolute atomic E-state index is 10.8. The van der Waals surface area contributed by atoms with Crippen molar-refractivity contribution >= 4 is 23.0 Å². The molecule has 1 unspecified atom stereocenters. The van der Waals surface area contributed by atoms with Crippen molar-refractivity contribution in [1.82, 2.24) is 0 Å². The topological polar surface area (TPSA) is 110 Å². The fraction of sp³-hybridized carbons (Fsp3) is 0.333. The zero-order valence-electron chi connectivity index (χ0n) is 8.26. The molecule has 0 aromatic heterocycles. The van der Waals surface area contributed by atoms with Gasteiger partial charge in [0.15, 0.2) is 0 Å². The van der Waals surface area contributed by atoms with Gasteiger partial charge in [-0.3, -0.25) is 10.1 Å². The molecule has 88 valence electrons. The fourth-order valence-corrected chi connectivity index (χ4v) is 1.48. The number of nitrogens with two attached hydrogens (primary N) is 1. The third kappa shape index (κ3) is 2.60. The van der Waals surface area contributed by atoms with Gasteiger partial charge in [0.1, 0.15) is 5.69 Å². The van der Waals surface area contributed by atoms with Gasteiger partial charge < -0.3 is 15.9 Å². The van der Waals surface area contributed by atoms with Crippen LogP contribution in [0, 0.1) is 10.1 Å². The van der Waals surface area contributed by atoms with Crippen LogP contribution in [0.5, 0.6) is 0 Å². The normalized spacial score (nSPS) is 12.4. The highest BCUT2D eigenvalue weighted by molar-refractivity contribution is 6.33. The number of hydrogen-bond donors (Lipinski definition) is 3. The van der Waals surface area contributed by atoms with Crippen molar-refractivity contribution in [3.8, 4) is 0 Å². The third-order valence-corrected chi connectivity index (χ3v) is 2.43. The second-order valence-corrected chi connectivity index (χ2v) is 3.67. The zero-order valence-corrected chi connectivity index (χ0v) is 9.02. The fourth-order valence-electron chi connectivity index (χ4n) is 1.33. The average molecular weight is 247 g/mol. The lowest BCUT2D eigenvalue weighted by Crippen LogP contribution is -2.16. The van der Waals surface area contributed by atoms with Crippen LogP contribution in [-0.4, -0.2) is 27.8 Å². The largest absolute Gasteiger partial charge is 0.394 e. The molecule has 0 radical (unpaired) electrons. The van der Waals surface area contributed by atoms with Crippen molar-refractivity contribution in [2.24, 2.45) is 0 Å². The first kappa shape index (κ1) is 12.7. The van der Waals surface area contributed by atoms with Crippen LogP contribution in [0.25, 0.3) is 0 Å². The summed E-state index contributed by atoms with van der Waals surface area (Å²) in [6, 6.07) is 2.83. The highest BCUT2D eigenvalue weighted by Gasteiger charge is 2.22. The van der Waals surface area contributed by atoms with Gasteiger partial charge in [0.25, 0.3) is 5.69 Å². The van der Waals surface area contributed by atoms with E-state index in [0.29, 0.717) is 0 Å². The predicted octanol–water partition coefficient (Wildman–Crippen LogP) is 0.726. The van der Waals surface area contributed by atoms with Crippen LogP contribution in [0.1, 0.15) is 5.56 Å². The van der Waals surface area contributed by atoms with E-state index in [9.17, 15) is 15.2 Å². The SMILES string of the molecule is Nc1c(Cl)ccc(CC(O)CO)c1[N+](=O)[O-]. The van der Waals surface area contributed by atoms with Gasteiger partial charge in [0.05, 0.1) is 22.7 Å². The molecule has 0 aliphatic carbocycles. The van der Waals surface area contributed by atoms with Crippen molar-refractivity contribution < 1.29 is 15.1 Å². The minimum atomic E-state index is -1.06. The maximum atomic E-state index is 10.8. The first-order valence-corrected chi connectivity index (χ1v) is 4.85. The van der Waals surface area contributed by atoms with Gasteiger partial charge in [0, 0.05) is 12.0 Å². The molecule has 1 aromatic carbocycles. The molecule has 0 aliphatic rings. The number of benzene rings is 1. The summed E-state index contributed by atoms with van der Waals surface area (Å²) in [5, 5.41) is 28.8. The Morgan fingerprint density at radius 2 is 2.19 bits per heavy atom. The van der Waals surface area contributed by atoms with E-state index < -0.39 is 17.6 Å². The Balaban J connectivity index is 3.18. The summed E-state index contributed by atoms with van der Waals surface area (Å²) in [5.74, 6) is 0. The number of nitrogen functional groups attached to an aromatic ring is 1. The van der Waals surface area contributed by atoms with Crippen molar-refractivity contribution in [3.05, 3.63) is 32.8 Å². The quantitative estimate of drug-likeness (QED) is 0.412. The molecule has 4 N–H and O–H groups in total. The van der Waals surface area contributed by atoms with Gasteiger partial charge in [-0.2, -0.15) is 0 Å². The smallest absolute Gasteiger partial charge is 0.296 e. The van der Waals surface area contributed by atoms with Crippen LogP contribution in [0.4, 0.5) is 11.4 Å². The van der Waals surface area contributed by atoms with Gasteiger partial charge in [-0.15, -0.1) is 0 Å². The number of aliphatic hydroxyl groups is 2. The highest BCUT2D eigenvalue weighted by atomic mass is 35.5. The summed E-state index contributed by atoms with van der Waals surface area (Å²) >= 11 is 5.66. The molecule has 0 heterocycles. The van der Waals surface area contributed by atoms with E-state index in [1.54, 1.807) is 0 Å². The first-order valence-electron chi connectivity index (χ1n) is 4.47. The second kappa shape index (κ2) is 5.11. The third-order valence-electron chi connectivity index (χ3n) is 2.10. The number of aliphatic hydroxyl groups excluding tert-OH is 2. The molecule has 7 heteroatoms. The standard InChI is InChI=1S/C9H11ClN2O4/c10-7-2-1-5(3-6(14)4-13)9(8(7)11)12(15)16/h1-2,6,13-14H,3-4,11H2. The molecular formula is C9H11ClN2O4. The molecule has 0 amide bonds. The van der Waals surface area contributed by atoms with Crippen LogP contribution in [-0.2, 0) is 6.42 Å². The molecule has 0 saturated heterocycles. The Morgan fingerprint density at radius 3 is 2.69 bits per heavy atom. The Bertz CT molecular complexity index is 411. The number of nitro benzene ring substituents is 1. The monoisotopic (exact) mass is 246 g/mol. The summed E-state index contributed by atoms with van der Waals surface area (Å²) in [6.45, 7) is -0.473. The van der Waals surface area contributed by atoms with Gasteiger partial charge >= 0.3 is 0 Å². The molecule has 0 bridgehead atoms. The number of anilines is 1. The molecule has 1 aromatic rings. The van der Waals surface area contributed by atoms with Gasteiger partial charge in [-0.05, 0) is 6.07 Å². The van der Waals surface area contributed by atoms with Crippen molar-refractivity contribution in [3.63, 3.8) is 0 Å². The highest BCUT2D eigenvalue weighted by Crippen LogP contribution is 2.33. The second-order valence-electron chi connectivity index (χ2n) is 3.27. The molecule has 6 nitrogen and oxygen atoms in total. The lowest BCUT2D eigenvalue weighted by molar-refractivity contribution is -0.384. The summed E-state index contributed by atoms with van der Waals surface area (Å²) < 4.78 is 0. The van der Waals surface area contributed by atoms with Crippen LogP contribution < -0.4 is 5.73 Å². The zero-order chi connectivity index (χ0) is 12.3. The minimum Gasteiger partial charge on any atom is -0.394 e. The van der Waals surface area contributed by atoms with E-state index >= 15 is 0 Å². The minimum absolute atomic E-state index is 0.0474. The molecule has 1 atom stereocenters. The number of nitrogens with zero attached hydrogens (tertiary/aromatic N) is 1. The van der Waals surface area contributed by atoms with E-state index in [-0.39, 0.29) is 28.4 Å². The van der Waals surface area contributed by atoms with E-state index in [4.69, 9.17) is 22.4 Å². The maximum Gasteiger partial charge on any atom is 0.296 e. The Hall–Kier alpha value is -1.37. The summed E-state index contributed by atoms with van der Waals surface area (Å²) in [7, 11) is 0. The average Bonchev–Trinajstić information content (AvgIpc) is 2.23. The number of hydrogen-bond acceptors (Lipinski definition) is 5. The van der Waals surface area contributed by atoms with E-state index in [1.165, 1.54) is 12.1 Å². The predicted molar refractivity (Wildman–Crippen MR) is 59.3 cm³/mol. The molecule has 16 heavy (non-hydrogen) atoms. The van der Waals surface area contributed by atoms with Crippen molar-refractivity contribution in [2.45, 2.75) is 12.5 Å². The number of halogens is 1. The number of nitro groups is 1. The molecule has 1 rings (SSSR count).